The Morgan fingerprint density at radius 1 is 1.03 bits per heavy atom. The first-order valence-corrected chi connectivity index (χ1v) is 10.9. The standard InChI is InChI=1S/C25H26F2N2O3/c1-15(2)32-19-9-6-17(7-10-19)22-23(28-12-4-5-16(3)14-28)25(31)29(24(22)30)21-13-18(26)8-11-20(21)27/h6-11,13,15-16H,4-5,12,14H2,1-3H3. The molecule has 2 aliphatic rings. The number of likely N-dealkylation sites (tertiary alicyclic amines) is 1. The number of ether oxygens (including phenoxy) is 1. The van der Waals surface area contributed by atoms with Crippen LogP contribution in [0.4, 0.5) is 14.5 Å². The molecule has 2 amide bonds. The van der Waals surface area contributed by atoms with Crippen molar-refractivity contribution in [1.82, 2.24) is 4.90 Å². The van der Waals surface area contributed by atoms with Gasteiger partial charge < -0.3 is 9.64 Å². The van der Waals surface area contributed by atoms with Gasteiger partial charge in [-0.15, -0.1) is 0 Å². The summed E-state index contributed by atoms with van der Waals surface area (Å²) in [5.41, 5.74) is 0.593. The lowest BCUT2D eigenvalue weighted by Crippen LogP contribution is -2.39. The molecule has 32 heavy (non-hydrogen) atoms. The van der Waals surface area contributed by atoms with E-state index in [0.717, 1.165) is 35.9 Å². The minimum Gasteiger partial charge on any atom is -0.491 e. The molecule has 4 rings (SSSR count). The minimum absolute atomic E-state index is 0.00778. The summed E-state index contributed by atoms with van der Waals surface area (Å²) in [6.45, 7) is 7.16. The summed E-state index contributed by atoms with van der Waals surface area (Å²) in [7, 11) is 0. The maximum Gasteiger partial charge on any atom is 0.282 e. The molecule has 0 aliphatic carbocycles. The van der Waals surface area contributed by atoms with Gasteiger partial charge in [0, 0.05) is 19.2 Å². The van der Waals surface area contributed by atoms with Gasteiger partial charge in [-0.05, 0) is 62.4 Å². The Morgan fingerprint density at radius 2 is 1.75 bits per heavy atom. The number of hydrogen-bond donors (Lipinski definition) is 0. The SMILES string of the molecule is CC1CCCN(C2=C(c3ccc(OC(C)C)cc3)C(=O)N(c3cc(F)ccc3F)C2=O)C1. The second-order valence-corrected chi connectivity index (χ2v) is 8.65. The van der Waals surface area contributed by atoms with Gasteiger partial charge >= 0.3 is 0 Å². The molecule has 2 aromatic carbocycles. The molecule has 0 N–H and O–H groups in total. The van der Waals surface area contributed by atoms with Crippen LogP contribution >= 0.6 is 0 Å². The topological polar surface area (TPSA) is 49.9 Å². The first kappa shape index (κ1) is 22.0. The van der Waals surface area contributed by atoms with E-state index in [1.807, 2.05) is 18.7 Å². The highest BCUT2D eigenvalue weighted by Crippen LogP contribution is 2.38. The third kappa shape index (κ3) is 4.11. The molecule has 2 aromatic rings. The fourth-order valence-electron chi connectivity index (χ4n) is 4.31. The van der Waals surface area contributed by atoms with Crippen LogP contribution in [-0.4, -0.2) is 35.9 Å². The van der Waals surface area contributed by atoms with Gasteiger partial charge in [-0.3, -0.25) is 9.59 Å². The Labute approximate surface area is 186 Å². The molecule has 1 atom stereocenters. The number of nitrogens with zero attached hydrogens (tertiary/aromatic N) is 2. The third-order valence-electron chi connectivity index (χ3n) is 5.70. The summed E-state index contributed by atoms with van der Waals surface area (Å²) >= 11 is 0. The zero-order valence-corrected chi connectivity index (χ0v) is 18.4. The molecule has 1 unspecified atom stereocenters. The summed E-state index contributed by atoms with van der Waals surface area (Å²) < 4.78 is 34.1. The van der Waals surface area contributed by atoms with Crippen molar-refractivity contribution >= 4 is 23.1 Å². The molecular weight excluding hydrogens is 414 g/mol. The molecule has 7 heteroatoms. The lowest BCUT2D eigenvalue weighted by Gasteiger charge is -2.33. The van der Waals surface area contributed by atoms with Crippen LogP contribution in [0, 0.1) is 17.6 Å². The van der Waals surface area contributed by atoms with Gasteiger partial charge in [0.2, 0.25) is 0 Å². The smallest absolute Gasteiger partial charge is 0.282 e. The zero-order valence-electron chi connectivity index (χ0n) is 18.4. The summed E-state index contributed by atoms with van der Waals surface area (Å²) in [6, 6.07) is 9.67. The number of piperidine rings is 1. The molecule has 0 spiro atoms. The fourth-order valence-corrected chi connectivity index (χ4v) is 4.31. The number of carbonyl (C=O) groups excluding carboxylic acids is 2. The number of rotatable bonds is 5. The van der Waals surface area contributed by atoms with E-state index < -0.39 is 23.4 Å². The number of amides is 2. The van der Waals surface area contributed by atoms with E-state index >= 15 is 0 Å². The Morgan fingerprint density at radius 3 is 2.41 bits per heavy atom. The maximum atomic E-state index is 14.5. The molecule has 1 fully saturated rings. The highest BCUT2D eigenvalue weighted by atomic mass is 19.1. The molecule has 1 saturated heterocycles. The zero-order chi connectivity index (χ0) is 23.0. The summed E-state index contributed by atoms with van der Waals surface area (Å²) in [4.78, 5) is 29.6. The molecule has 168 valence electrons. The number of anilines is 1. The van der Waals surface area contributed by atoms with Crippen LogP contribution in [-0.2, 0) is 9.59 Å². The predicted octanol–water partition coefficient (Wildman–Crippen LogP) is 4.77. The van der Waals surface area contributed by atoms with E-state index in [-0.39, 0.29) is 23.1 Å². The second-order valence-electron chi connectivity index (χ2n) is 8.65. The number of carbonyl (C=O) groups is 2. The van der Waals surface area contributed by atoms with E-state index in [1.165, 1.54) is 0 Å². The summed E-state index contributed by atoms with van der Waals surface area (Å²) in [6.07, 6.45) is 1.91. The molecule has 5 nitrogen and oxygen atoms in total. The van der Waals surface area contributed by atoms with Crippen LogP contribution in [0.2, 0.25) is 0 Å². The first-order chi connectivity index (χ1) is 15.3. The van der Waals surface area contributed by atoms with Crippen molar-refractivity contribution in [3.63, 3.8) is 0 Å². The Balaban J connectivity index is 1.80. The third-order valence-corrected chi connectivity index (χ3v) is 5.70. The fraction of sp³-hybridized carbons (Fsp3) is 0.360. The predicted molar refractivity (Wildman–Crippen MR) is 118 cm³/mol. The van der Waals surface area contributed by atoms with Gasteiger partial charge in [0.05, 0.1) is 17.4 Å². The van der Waals surface area contributed by atoms with Gasteiger partial charge in [0.25, 0.3) is 11.8 Å². The van der Waals surface area contributed by atoms with E-state index in [2.05, 4.69) is 6.92 Å². The lowest BCUT2D eigenvalue weighted by molar-refractivity contribution is -0.120. The van der Waals surface area contributed by atoms with Gasteiger partial charge in [-0.1, -0.05) is 19.1 Å². The van der Waals surface area contributed by atoms with E-state index in [4.69, 9.17) is 4.74 Å². The first-order valence-electron chi connectivity index (χ1n) is 10.9. The van der Waals surface area contributed by atoms with Crippen LogP contribution in [0.5, 0.6) is 5.75 Å². The molecule has 0 radical (unpaired) electrons. The van der Waals surface area contributed by atoms with Crippen LogP contribution in [0.3, 0.4) is 0 Å². The van der Waals surface area contributed by atoms with Crippen LogP contribution in [0.25, 0.3) is 5.57 Å². The molecule has 0 aromatic heterocycles. The van der Waals surface area contributed by atoms with Crippen molar-refractivity contribution in [1.29, 1.82) is 0 Å². The Kier molecular flexibility index (Phi) is 6.00. The monoisotopic (exact) mass is 440 g/mol. The molecule has 0 saturated carbocycles. The van der Waals surface area contributed by atoms with E-state index in [1.54, 1.807) is 24.3 Å². The molecule has 2 heterocycles. The highest BCUT2D eigenvalue weighted by Gasteiger charge is 2.44. The van der Waals surface area contributed by atoms with Gasteiger partial charge in [0.1, 0.15) is 23.1 Å². The normalized spacial score (nSPS) is 19.4. The largest absolute Gasteiger partial charge is 0.491 e. The van der Waals surface area contributed by atoms with E-state index in [0.29, 0.717) is 30.3 Å². The van der Waals surface area contributed by atoms with Crippen LogP contribution < -0.4 is 9.64 Å². The number of halogens is 2. The second kappa shape index (κ2) is 8.73. The summed E-state index contributed by atoms with van der Waals surface area (Å²) in [5, 5.41) is 0. The van der Waals surface area contributed by atoms with Crippen LogP contribution in [0.15, 0.2) is 48.2 Å². The minimum atomic E-state index is -0.832. The Bertz CT molecular complexity index is 1080. The van der Waals surface area contributed by atoms with Crippen molar-refractivity contribution in [3.05, 3.63) is 65.4 Å². The number of hydrogen-bond acceptors (Lipinski definition) is 4. The molecular formula is C25H26F2N2O3. The number of imide groups is 1. The van der Waals surface area contributed by atoms with Crippen molar-refractivity contribution in [3.8, 4) is 5.75 Å². The highest BCUT2D eigenvalue weighted by molar-refractivity contribution is 6.45. The van der Waals surface area contributed by atoms with Crippen molar-refractivity contribution < 1.29 is 23.1 Å². The summed E-state index contributed by atoms with van der Waals surface area (Å²) in [5.74, 6) is -1.86. The lowest BCUT2D eigenvalue weighted by atomic mass is 9.97. The Hall–Kier alpha value is -3.22. The quantitative estimate of drug-likeness (QED) is 0.629. The average Bonchev–Trinajstić information content (AvgIpc) is 3.00. The average molecular weight is 440 g/mol. The van der Waals surface area contributed by atoms with Crippen molar-refractivity contribution in [2.24, 2.45) is 5.92 Å². The van der Waals surface area contributed by atoms with Gasteiger partial charge in [0.15, 0.2) is 0 Å². The maximum absolute atomic E-state index is 14.5. The van der Waals surface area contributed by atoms with Crippen LogP contribution in [0.1, 0.15) is 39.2 Å². The van der Waals surface area contributed by atoms with Gasteiger partial charge in [-0.25, -0.2) is 13.7 Å². The van der Waals surface area contributed by atoms with Crippen molar-refractivity contribution in [2.75, 3.05) is 18.0 Å². The molecule has 0 bridgehead atoms. The number of benzene rings is 2. The van der Waals surface area contributed by atoms with Crippen molar-refractivity contribution in [2.45, 2.75) is 39.7 Å². The van der Waals surface area contributed by atoms with E-state index in [9.17, 15) is 18.4 Å². The molecule has 2 aliphatic heterocycles. The van der Waals surface area contributed by atoms with Gasteiger partial charge in [-0.2, -0.15) is 0 Å².